The molecule has 1 fully saturated rings. The van der Waals surface area contributed by atoms with E-state index >= 15 is 0 Å². The smallest absolute Gasteiger partial charge is 0.437 e. The summed E-state index contributed by atoms with van der Waals surface area (Å²) >= 11 is 4.85. The van der Waals surface area contributed by atoms with Crippen molar-refractivity contribution in [1.29, 1.82) is 0 Å². The number of carbonyl (C=O) groups excluding carboxylic acids is 1. The lowest BCUT2D eigenvalue weighted by Crippen LogP contribution is -2.73. The molecule has 0 aliphatic carbocycles. The van der Waals surface area contributed by atoms with E-state index in [1.165, 1.54) is 13.0 Å². The van der Waals surface area contributed by atoms with Gasteiger partial charge in [0.1, 0.15) is 11.7 Å². The van der Waals surface area contributed by atoms with Gasteiger partial charge >= 0.3 is 12.1 Å². The first-order valence-electron chi connectivity index (χ1n) is 8.35. The molecule has 28 heavy (non-hydrogen) atoms. The normalized spacial score (nSPS) is 25.1. The largest absolute Gasteiger partial charge is 0.508 e. The maximum Gasteiger partial charge on any atom is 0.437 e. The fraction of sp³-hybridized carbons (Fsp3) is 0.333. The van der Waals surface area contributed by atoms with Crippen molar-refractivity contribution in [3.8, 4) is 5.75 Å². The van der Waals surface area contributed by atoms with E-state index in [4.69, 9.17) is 17.0 Å². The fourth-order valence-electron chi connectivity index (χ4n) is 3.39. The van der Waals surface area contributed by atoms with Crippen LogP contribution in [0, 0.1) is 5.92 Å². The number of phenolic OH excluding ortho intramolecular Hbond substituents is 1. The van der Waals surface area contributed by atoms with Crippen molar-refractivity contribution in [3.05, 3.63) is 42.0 Å². The Kier molecular flexibility index (Phi) is 5.11. The van der Waals surface area contributed by atoms with Crippen LogP contribution in [0.2, 0.25) is 0 Å². The molecule has 0 bridgehead atoms. The number of hydrogen-bond acceptors (Lipinski definition) is 5. The first-order valence-corrected chi connectivity index (χ1v) is 8.76. The molecule has 0 saturated carbocycles. The maximum atomic E-state index is 13.8. The molecular weight excluding hydrogens is 397 g/mol. The Bertz CT molecular complexity index is 937. The molecule has 3 rings (SSSR count). The molecule has 1 aliphatic heterocycles. The summed E-state index contributed by atoms with van der Waals surface area (Å²) in [4.78, 5) is 12.5. The van der Waals surface area contributed by atoms with Crippen molar-refractivity contribution >= 4 is 34.1 Å². The predicted octanol–water partition coefficient (Wildman–Crippen LogP) is 2.49. The summed E-state index contributed by atoms with van der Waals surface area (Å²) in [5.74, 6) is -3.81. The Morgan fingerprint density at radius 3 is 2.61 bits per heavy atom. The molecule has 2 aromatic carbocycles. The van der Waals surface area contributed by atoms with Gasteiger partial charge < -0.3 is 25.6 Å². The molecule has 0 aromatic heterocycles. The Hall–Kier alpha value is -2.59. The number of nitrogens with one attached hydrogen (secondary N) is 2. The van der Waals surface area contributed by atoms with E-state index in [0.717, 1.165) is 0 Å². The minimum atomic E-state index is -5.25. The number of benzene rings is 2. The molecule has 6 nitrogen and oxygen atoms in total. The van der Waals surface area contributed by atoms with Gasteiger partial charge in [-0.1, -0.05) is 30.3 Å². The lowest BCUT2D eigenvalue weighted by Gasteiger charge is -2.45. The van der Waals surface area contributed by atoms with E-state index in [2.05, 4.69) is 5.32 Å². The van der Waals surface area contributed by atoms with Crippen molar-refractivity contribution in [2.24, 2.45) is 5.92 Å². The Morgan fingerprint density at radius 1 is 1.29 bits per heavy atom. The molecule has 1 heterocycles. The van der Waals surface area contributed by atoms with Crippen molar-refractivity contribution in [1.82, 2.24) is 10.6 Å². The standard InChI is InChI=1S/C18H17F3N2O4S/c1-2-27-15(25)13-14(22-16(28)23-17(13,26)18(19,20)21)12-10-6-4-3-5-9(10)7-8-11(12)24/h3-8,13-14,24,26H,2H2,1H3,(H2,22,23,28)/t13-,14-,17+/m0/s1. The quantitative estimate of drug-likeness (QED) is 0.453. The Morgan fingerprint density at radius 2 is 1.96 bits per heavy atom. The minimum absolute atomic E-state index is 0.00248. The molecule has 2 aromatic rings. The highest BCUT2D eigenvalue weighted by Gasteiger charge is 2.66. The lowest BCUT2D eigenvalue weighted by atomic mass is 9.80. The van der Waals surface area contributed by atoms with Crippen molar-refractivity contribution in [2.45, 2.75) is 24.9 Å². The van der Waals surface area contributed by atoms with Crippen molar-refractivity contribution < 1.29 is 32.9 Å². The minimum Gasteiger partial charge on any atom is -0.508 e. The summed E-state index contributed by atoms with van der Waals surface area (Å²) in [7, 11) is 0. The van der Waals surface area contributed by atoms with Gasteiger partial charge in [-0.2, -0.15) is 13.2 Å². The molecule has 0 unspecified atom stereocenters. The van der Waals surface area contributed by atoms with Crippen LogP contribution in [0.15, 0.2) is 36.4 Å². The zero-order valence-corrected chi connectivity index (χ0v) is 15.4. The van der Waals surface area contributed by atoms with Crippen molar-refractivity contribution in [3.63, 3.8) is 0 Å². The monoisotopic (exact) mass is 414 g/mol. The number of hydrogen-bond donors (Lipinski definition) is 4. The number of esters is 1. The second-order valence-electron chi connectivity index (χ2n) is 6.29. The molecule has 1 aliphatic rings. The first-order chi connectivity index (χ1) is 13.1. The van der Waals surface area contributed by atoms with Gasteiger partial charge in [0.25, 0.3) is 5.72 Å². The molecule has 0 radical (unpaired) electrons. The van der Waals surface area contributed by atoms with Crippen molar-refractivity contribution in [2.75, 3.05) is 6.61 Å². The Balaban J connectivity index is 2.27. The summed E-state index contributed by atoms with van der Waals surface area (Å²) in [6.45, 7) is 1.24. The topological polar surface area (TPSA) is 90.8 Å². The van der Waals surface area contributed by atoms with Gasteiger partial charge in [0.2, 0.25) is 0 Å². The summed E-state index contributed by atoms with van der Waals surface area (Å²) in [5.41, 5.74) is -3.68. The van der Waals surface area contributed by atoms with E-state index in [9.17, 15) is 28.2 Å². The number of carbonyl (C=O) groups is 1. The molecule has 1 saturated heterocycles. The molecule has 4 N–H and O–H groups in total. The van der Waals surface area contributed by atoms with Crippen LogP contribution in [0.5, 0.6) is 5.75 Å². The number of rotatable bonds is 3. The molecule has 0 spiro atoms. The molecule has 0 amide bonds. The zero-order chi connectivity index (χ0) is 20.7. The Labute approximate surface area is 163 Å². The van der Waals surface area contributed by atoms with E-state index in [0.29, 0.717) is 10.8 Å². The highest BCUT2D eigenvalue weighted by molar-refractivity contribution is 7.80. The van der Waals surface area contributed by atoms with Crippen LogP contribution in [0.25, 0.3) is 10.8 Å². The van der Waals surface area contributed by atoms with Gasteiger partial charge in [-0.15, -0.1) is 0 Å². The van der Waals surface area contributed by atoms with Gasteiger partial charge in [-0.3, -0.25) is 4.79 Å². The van der Waals surface area contributed by atoms with Crippen LogP contribution in [-0.4, -0.2) is 39.8 Å². The van der Waals surface area contributed by atoms with E-state index in [-0.39, 0.29) is 17.9 Å². The molecule has 150 valence electrons. The summed E-state index contributed by atoms with van der Waals surface area (Å²) < 4.78 is 46.2. The lowest BCUT2D eigenvalue weighted by molar-refractivity contribution is -0.292. The first kappa shape index (κ1) is 20.2. The van der Waals surface area contributed by atoms with Gasteiger partial charge in [0.05, 0.1) is 12.6 Å². The van der Waals surface area contributed by atoms with Gasteiger partial charge in [0.15, 0.2) is 5.11 Å². The third kappa shape index (κ3) is 3.22. The van der Waals surface area contributed by atoms with Crippen LogP contribution in [0.4, 0.5) is 13.2 Å². The third-order valence-electron chi connectivity index (χ3n) is 4.61. The number of alkyl halides is 3. The van der Waals surface area contributed by atoms with Crippen LogP contribution < -0.4 is 10.6 Å². The van der Waals surface area contributed by atoms with Crippen LogP contribution in [0.3, 0.4) is 0 Å². The number of ether oxygens (including phenoxy) is 1. The van der Waals surface area contributed by atoms with Crippen LogP contribution >= 0.6 is 12.2 Å². The summed E-state index contributed by atoms with van der Waals surface area (Å²) in [6, 6.07) is 8.05. The van der Waals surface area contributed by atoms with Gasteiger partial charge in [-0.05, 0) is 36.0 Å². The number of thiocarbonyl (C=S) groups is 1. The van der Waals surface area contributed by atoms with E-state index in [1.54, 1.807) is 35.6 Å². The van der Waals surface area contributed by atoms with Crippen LogP contribution in [0.1, 0.15) is 18.5 Å². The van der Waals surface area contributed by atoms with Gasteiger partial charge in [-0.25, -0.2) is 0 Å². The molecule has 10 heteroatoms. The summed E-state index contributed by atoms with van der Waals surface area (Å²) in [6.07, 6.45) is -5.25. The van der Waals surface area contributed by atoms with E-state index in [1.807, 2.05) is 0 Å². The van der Waals surface area contributed by atoms with E-state index < -0.39 is 34.9 Å². The summed E-state index contributed by atoms with van der Waals surface area (Å²) in [5, 5.41) is 25.8. The second kappa shape index (κ2) is 7.10. The van der Waals surface area contributed by atoms with Gasteiger partial charge in [0, 0.05) is 5.56 Å². The van der Waals surface area contributed by atoms with Crippen LogP contribution in [-0.2, 0) is 9.53 Å². The predicted molar refractivity (Wildman–Crippen MR) is 98.4 cm³/mol. The average molecular weight is 414 g/mol. The number of aliphatic hydroxyl groups is 1. The third-order valence-corrected chi connectivity index (χ3v) is 4.83. The molecule has 3 atom stereocenters. The highest BCUT2D eigenvalue weighted by Crippen LogP contribution is 2.46. The SMILES string of the molecule is CCOC(=O)[C@@H]1[C@H](c2c(O)ccc3ccccc23)NC(=S)N[C@]1(O)C(F)(F)F. The highest BCUT2D eigenvalue weighted by atomic mass is 32.1. The fourth-order valence-corrected chi connectivity index (χ4v) is 3.67. The maximum absolute atomic E-state index is 13.8. The average Bonchev–Trinajstić information content (AvgIpc) is 2.60. The number of phenols is 1. The zero-order valence-electron chi connectivity index (χ0n) is 14.6. The molecular formula is C18H17F3N2O4S. The second-order valence-corrected chi connectivity index (χ2v) is 6.70. The number of aromatic hydroxyl groups is 1. The number of halogens is 3. The number of fused-ring (bicyclic) bond motifs is 1.